The summed E-state index contributed by atoms with van der Waals surface area (Å²) in [7, 11) is 1.50. The van der Waals surface area contributed by atoms with Gasteiger partial charge in [-0.05, 0) is 79.1 Å². The standard InChI is InChI=1S/C27H22Cl2N2O4S2/c1-15-4-7-19(10-16(15)2)30-25(32)14-35-22-9-5-17(11-23(22)34-3)12-24-26(33)31(27(36)37-24)21-8-6-18(28)13-20(21)29/h4-13H,14H2,1-3H3,(H,30,32)/b24-12-. The predicted octanol–water partition coefficient (Wildman–Crippen LogP) is 7.04. The van der Waals surface area contributed by atoms with Crippen molar-refractivity contribution in [3.05, 3.63) is 86.2 Å². The Balaban J connectivity index is 1.46. The molecular weight excluding hydrogens is 551 g/mol. The van der Waals surface area contributed by atoms with E-state index in [1.165, 1.54) is 23.8 Å². The second-order valence-electron chi connectivity index (χ2n) is 8.16. The highest BCUT2D eigenvalue weighted by atomic mass is 35.5. The Morgan fingerprint density at radius 3 is 2.54 bits per heavy atom. The minimum atomic E-state index is -0.293. The van der Waals surface area contributed by atoms with Crippen LogP contribution in [0.3, 0.4) is 0 Å². The number of ether oxygens (including phenoxy) is 2. The van der Waals surface area contributed by atoms with Gasteiger partial charge in [0.1, 0.15) is 0 Å². The van der Waals surface area contributed by atoms with Crippen molar-refractivity contribution in [1.82, 2.24) is 0 Å². The molecule has 0 bridgehead atoms. The van der Waals surface area contributed by atoms with E-state index in [0.717, 1.165) is 11.1 Å². The zero-order valence-corrected chi connectivity index (χ0v) is 23.3. The lowest BCUT2D eigenvalue weighted by Gasteiger charge is -2.16. The quantitative estimate of drug-likeness (QED) is 0.242. The molecule has 0 aromatic heterocycles. The maximum absolute atomic E-state index is 13.1. The van der Waals surface area contributed by atoms with Crippen LogP contribution >= 0.6 is 47.2 Å². The van der Waals surface area contributed by atoms with Gasteiger partial charge in [0.15, 0.2) is 22.4 Å². The van der Waals surface area contributed by atoms with E-state index in [2.05, 4.69) is 5.32 Å². The summed E-state index contributed by atoms with van der Waals surface area (Å²) in [5, 5.41) is 3.62. The number of hydrogen-bond acceptors (Lipinski definition) is 6. The number of nitrogens with zero attached hydrogens (tertiary/aromatic N) is 1. The average Bonchev–Trinajstić information content (AvgIpc) is 3.13. The number of thiocarbonyl (C=S) groups is 1. The van der Waals surface area contributed by atoms with E-state index >= 15 is 0 Å². The van der Waals surface area contributed by atoms with Gasteiger partial charge >= 0.3 is 0 Å². The topological polar surface area (TPSA) is 67.9 Å². The summed E-state index contributed by atoms with van der Waals surface area (Å²) < 4.78 is 11.5. The highest BCUT2D eigenvalue weighted by molar-refractivity contribution is 8.27. The fourth-order valence-electron chi connectivity index (χ4n) is 3.54. The van der Waals surface area contributed by atoms with Gasteiger partial charge in [0, 0.05) is 10.7 Å². The second-order valence-corrected chi connectivity index (χ2v) is 10.7. The van der Waals surface area contributed by atoms with E-state index in [9.17, 15) is 9.59 Å². The van der Waals surface area contributed by atoms with Crippen molar-refractivity contribution in [1.29, 1.82) is 0 Å². The van der Waals surface area contributed by atoms with Crippen molar-refractivity contribution < 1.29 is 19.1 Å². The van der Waals surface area contributed by atoms with Crippen molar-refractivity contribution in [2.75, 3.05) is 23.9 Å². The molecule has 0 unspecified atom stereocenters. The van der Waals surface area contributed by atoms with Crippen LogP contribution in [0.5, 0.6) is 11.5 Å². The lowest BCUT2D eigenvalue weighted by molar-refractivity contribution is -0.118. The van der Waals surface area contributed by atoms with Gasteiger partial charge in [-0.2, -0.15) is 0 Å². The first-order chi connectivity index (χ1) is 17.7. The van der Waals surface area contributed by atoms with Gasteiger partial charge in [-0.15, -0.1) is 0 Å². The Hall–Kier alpha value is -3.04. The van der Waals surface area contributed by atoms with Crippen LogP contribution in [-0.4, -0.2) is 29.9 Å². The minimum Gasteiger partial charge on any atom is -0.493 e. The monoisotopic (exact) mass is 572 g/mol. The summed E-state index contributed by atoms with van der Waals surface area (Å²) in [6.45, 7) is 3.80. The summed E-state index contributed by atoms with van der Waals surface area (Å²) in [6, 6.07) is 15.7. The Kier molecular flexibility index (Phi) is 8.44. The Bertz CT molecular complexity index is 1440. The zero-order chi connectivity index (χ0) is 26.7. The smallest absolute Gasteiger partial charge is 0.270 e. The average molecular weight is 574 g/mol. The van der Waals surface area contributed by atoms with Gasteiger partial charge in [0.2, 0.25) is 0 Å². The highest BCUT2D eigenvalue weighted by Crippen LogP contribution is 2.40. The first-order valence-corrected chi connectivity index (χ1v) is 13.1. The number of amides is 2. The normalized spacial score (nSPS) is 14.3. The molecule has 0 radical (unpaired) electrons. The number of anilines is 2. The number of methoxy groups -OCH3 is 1. The molecule has 0 atom stereocenters. The number of nitrogens with one attached hydrogen (secondary N) is 1. The third-order valence-corrected chi connectivity index (χ3v) is 7.42. The largest absolute Gasteiger partial charge is 0.493 e. The third kappa shape index (κ3) is 6.27. The molecule has 1 N–H and O–H groups in total. The number of hydrogen-bond donors (Lipinski definition) is 1. The summed E-state index contributed by atoms with van der Waals surface area (Å²) in [5.41, 5.74) is 4.11. The lowest BCUT2D eigenvalue weighted by Crippen LogP contribution is -2.27. The van der Waals surface area contributed by atoms with Gasteiger partial charge in [0.25, 0.3) is 11.8 Å². The van der Waals surface area contributed by atoms with Crippen molar-refractivity contribution in [2.24, 2.45) is 0 Å². The molecule has 3 aromatic carbocycles. The molecule has 10 heteroatoms. The summed E-state index contributed by atoms with van der Waals surface area (Å²) >= 11 is 18.9. The van der Waals surface area contributed by atoms with E-state index in [0.29, 0.717) is 47.7 Å². The maximum Gasteiger partial charge on any atom is 0.270 e. The third-order valence-electron chi connectivity index (χ3n) is 5.58. The molecule has 0 aliphatic carbocycles. The van der Waals surface area contributed by atoms with Crippen LogP contribution in [0, 0.1) is 13.8 Å². The van der Waals surface area contributed by atoms with E-state index in [1.807, 2.05) is 32.0 Å². The van der Waals surface area contributed by atoms with E-state index in [-0.39, 0.29) is 18.4 Å². The van der Waals surface area contributed by atoms with Crippen LogP contribution in [0.15, 0.2) is 59.5 Å². The summed E-state index contributed by atoms with van der Waals surface area (Å²) in [4.78, 5) is 27.3. The number of thioether (sulfide) groups is 1. The molecule has 4 rings (SSSR count). The van der Waals surface area contributed by atoms with Crippen molar-refractivity contribution in [2.45, 2.75) is 13.8 Å². The van der Waals surface area contributed by atoms with Crippen LogP contribution in [-0.2, 0) is 9.59 Å². The first kappa shape index (κ1) is 27.0. The molecular formula is C27H22Cl2N2O4S2. The summed E-state index contributed by atoms with van der Waals surface area (Å²) in [5.74, 6) is 0.236. The fraction of sp³-hybridized carbons (Fsp3) is 0.148. The Labute approximate surface area is 234 Å². The second kappa shape index (κ2) is 11.6. The Morgan fingerprint density at radius 2 is 1.84 bits per heavy atom. The van der Waals surface area contributed by atoms with Crippen LogP contribution in [0.4, 0.5) is 11.4 Å². The molecule has 0 saturated carbocycles. The summed E-state index contributed by atoms with van der Waals surface area (Å²) in [6.07, 6.45) is 1.71. The van der Waals surface area contributed by atoms with Crippen LogP contribution in [0.1, 0.15) is 16.7 Å². The predicted molar refractivity (Wildman–Crippen MR) is 155 cm³/mol. The van der Waals surface area contributed by atoms with E-state index in [4.69, 9.17) is 44.9 Å². The molecule has 3 aromatic rings. The molecule has 0 spiro atoms. The van der Waals surface area contributed by atoms with Crippen molar-refractivity contribution in [3.63, 3.8) is 0 Å². The number of aryl methyl sites for hydroxylation is 2. The minimum absolute atomic E-state index is 0.191. The van der Waals surface area contributed by atoms with Gasteiger partial charge < -0.3 is 14.8 Å². The molecule has 1 heterocycles. The van der Waals surface area contributed by atoms with Gasteiger partial charge in [-0.1, -0.05) is 59.3 Å². The maximum atomic E-state index is 13.1. The van der Waals surface area contributed by atoms with Crippen molar-refractivity contribution >= 4 is 80.8 Å². The number of halogens is 2. The number of rotatable bonds is 7. The van der Waals surface area contributed by atoms with Gasteiger partial charge in [0.05, 0.1) is 22.7 Å². The number of benzene rings is 3. The number of carbonyl (C=O) groups is 2. The van der Waals surface area contributed by atoms with Crippen LogP contribution in [0.25, 0.3) is 6.08 Å². The molecule has 6 nitrogen and oxygen atoms in total. The SMILES string of the molecule is COc1cc(/C=C2\SC(=S)N(c3ccc(Cl)cc3Cl)C2=O)ccc1OCC(=O)Nc1ccc(C)c(C)c1. The molecule has 1 aliphatic rings. The van der Waals surface area contributed by atoms with E-state index in [1.54, 1.807) is 42.5 Å². The Morgan fingerprint density at radius 1 is 1.05 bits per heavy atom. The fourth-order valence-corrected chi connectivity index (χ4v) is 5.32. The lowest BCUT2D eigenvalue weighted by atomic mass is 10.1. The molecule has 1 fully saturated rings. The van der Waals surface area contributed by atoms with Crippen LogP contribution < -0.4 is 19.7 Å². The van der Waals surface area contributed by atoms with Gasteiger partial charge in [-0.25, -0.2) is 0 Å². The van der Waals surface area contributed by atoms with Gasteiger partial charge in [-0.3, -0.25) is 14.5 Å². The molecule has 190 valence electrons. The van der Waals surface area contributed by atoms with Crippen LogP contribution in [0.2, 0.25) is 10.0 Å². The zero-order valence-electron chi connectivity index (χ0n) is 20.1. The molecule has 1 saturated heterocycles. The highest BCUT2D eigenvalue weighted by Gasteiger charge is 2.34. The molecule has 1 aliphatic heterocycles. The first-order valence-electron chi connectivity index (χ1n) is 11.1. The molecule has 37 heavy (non-hydrogen) atoms. The van der Waals surface area contributed by atoms with E-state index < -0.39 is 0 Å². The molecule has 2 amide bonds. The van der Waals surface area contributed by atoms with Crippen molar-refractivity contribution in [3.8, 4) is 11.5 Å². The number of carbonyl (C=O) groups excluding carboxylic acids is 2.